The minimum absolute atomic E-state index is 0.663. The molecular weight excluding hydrogens is 619 g/mol. The smallest absolute Gasteiger partial charge is 0.118 e. The standard InChI is InChI=1S/C49H33NO/c1-31-15-28-44-45(29-31)49(33-18-16-32(30-50)17-19-33)43-14-8-7-13-42(43)48(44)35-22-20-34(21-23-35)46-38-9-3-5-11-40(38)47(41-12-6-4-10-39(41)46)36-24-26-37(51-2)27-25-36/h3-29H,1-2H3. The van der Waals surface area contributed by atoms with Crippen molar-refractivity contribution in [2.24, 2.45) is 0 Å². The first-order valence-corrected chi connectivity index (χ1v) is 17.3. The fraction of sp³-hybridized carbons (Fsp3) is 0.0408. The molecule has 2 heteroatoms. The van der Waals surface area contributed by atoms with Crippen molar-refractivity contribution in [3.8, 4) is 56.3 Å². The minimum Gasteiger partial charge on any atom is -0.497 e. The molecule has 0 amide bonds. The number of hydrogen-bond acceptors (Lipinski definition) is 2. The molecule has 9 rings (SSSR count). The van der Waals surface area contributed by atoms with E-state index in [-0.39, 0.29) is 0 Å². The van der Waals surface area contributed by atoms with Gasteiger partial charge in [0.25, 0.3) is 0 Å². The van der Waals surface area contributed by atoms with Crippen LogP contribution in [0, 0.1) is 18.3 Å². The third kappa shape index (κ3) is 5.02. The van der Waals surface area contributed by atoms with Crippen LogP contribution in [0.4, 0.5) is 0 Å². The highest BCUT2D eigenvalue weighted by Crippen LogP contribution is 2.46. The van der Waals surface area contributed by atoms with Crippen LogP contribution in [-0.2, 0) is 0 Å². The maximum absolute atomic E-state index is 9.46. The molecule has 51 heavy (non-hydrogen) atoms. The van der Waals surface area contributed by atoms with Crippen LogP contribution < -0.4 is 4.74 Å². The number of nitrogens with zero attached hydrogens (tertiary/aromatic N) is 1. The largest absolute Gasteiger partial charge is 0.497 e. The number of nitriles is 1. The quantitative estimate of drug-likeness (QED) is 0.174. The summed E-state index contributed by atoms with van der Waals surface area (Å²) in [6.45, 7) is 2.15. The second-order valence-corrected chi connectivity index (χ2v) is 13.2. The molecule has 0 atom stereocenters. The topological polar surface area (TPSA) is 33.0 Å². The van der Waals surface area contributed by atoms with E-state index in [1.807, 2.05) is 24.3 Å². The van der Waals surface area contributed by atoms with E-state index in [0.717, 1.165) is 11.3 Å². The van der Waals surface area contributed by atoms with Crippen LogP contribution in [0.1, 0.15) is 11.1 Å². The molecule has 0 N–H and O–H groups in total. The highest BCUT2D eigenvalue weighted by molar-refractivity contribution is 6.23. The fourth-order valence-corrected chi connectivity index (χ4v) is 7.94. The van der Waals surface area contributed by atoms with E-state index in [1.165, 1.54) is 87.6 Å². The van der Waals surface area contributed by atoms with Gasteiger partial charge in [-0.25, -0.2) is 0 Å². The number of hydrogen-bond donors (Lipinski definition) is 0. The Bertz CT molecular complexity index is 2770. The van der Waals surface area contributed by atoms with E-state index in [2.05, 4.69) is 153 Å². The Hall–Kier alpha value is -6.69. The Balaban J connectivity index is 1.26. The maximum Gasteiger partial charge on any atom is 0.118 e. The first-order valence-electron chi connectivity index (χ1n) is 17.3. The Kier molecular flexibility index (Phi) is 7.34. The van der Waals surface area contributed by atoms with Crippen LogP contribution >= 0.6 is 0 Å². The number of methoxy groups -OCH3 is 1. The molecular formula is C49H33NO. The van der Waals surface area contributed by atoms with Crippen LogP contribution in [0.15, 0.2) is 164 Å². The van der Waals surface area contributed by atoms with Gasteiger partial charge in [-0.15, -0.1) is 0 Å². The lowest BCUT2D eigenvalue weighted by atomic mass is 9.84. The van der Waals surface area contributed by atoms with Crippen molar-refractivity contribution in [1.82, 2.24) is 0 Å². The van der Waals surface area contributed by atoms with Gasteiger partial charge in [-0.3, -0.25) is 0 Å². The Morgan fingerprint density at radius 3 is 1.10 bits per heavy atom. The van der Waals surface area contributed by atoms with E-state index in [1.54, 1.807) is 7.11 Å². The third-order valence-electron chi connectivity index (χ3n) is 10.3. The molecule has 2 nitrogen and oxygen atoms in total. The van der Waals surface area contributed by atoms with Gasteiger partial charge >= 0.3 is 0 Å². The van der Waals surface area contributed by atoms with Crippen molar-refractivity contribution in [2.45, 2.75) is 6.92 Å². The average molecular weight is 652 g/mol. The summed E-state index contributed by atoms with van der Waals surface area (Å²) < 4.78 is 5.48. The molecule has 0 aliphatic heterocycles. The van der Waals surface area contributed by atoms with Crippen LogP contribution in [-0.4, -0.2) is 7.11 Å². The van der Waals surface area contributed by atoms with Gasteiger partial charge in [0.05, 0.1) is 18.7 Å². The molecule has 0 aromatic heterocycles. The Morgan fingerprint density at radius 2 is 0.725 bits per heavy atom. The molecule has 0 saturated heterocycles. The molecule has 0 fully saturated rings. The van der Waals surface area contributed by atoms with Crippen LogP contribution in [0.2, 0.25) is 0 Å². The summed E-state index contributed by atoms with van der Waals surface area (Å²) in [5.74, 6) is 0.851. The SMILES string of the molecule is COc1ccc(-c2c3ccccc3c(-c3ccc(-c4c5ccccc5c(-c5ccc(C#N)cc5)c5cc(C)ccc45)cc3)c3ccccc23)cc1. The molecule has 0 radical (unpaired) electrons. The molecule has 9 aromatic carbocycles. The zero-order valence-corrected chi connectivity index (χ0v) is 28.4. The second-order valence-electron chi connectivity index (χ2n) is 13.2. The average Bonchev–Trinajstić information content (AvgIpc) is 3.19. The lowest BCUT2D eigenvalue weighted by molar-refractivity contribution is 0.415. The summed E-state index contributed by atoms with van der Waals surface area (Å²) in [6, 6.07) is 60.8. The van der Waals surface area contributed by atoms with Crippen molar-refractivity contribution in [1.29, 1.82) is 5.26 Å². The first kappa shape index (κ1) is 30.4. The van der Waals surface area contributed by atoms with Gasteiger partial charge in [-0.1, -0.05) is 145 Å². The molecule has 0 aliphatic carbocycles. The highest BCUT2D eigenvalue weighted by atomic mass is 16.5. The first-order chi connectivity index (χ1) is 25.1. The van der Waals surface area contributed by atoms with Gasteiger partial charge in [0.1, 0.15) is 5.75 Å². The normalized spacial score (nSPS) is 11.3. The summed E-state index contributed by atoms with van der Waals surface area (Å²) in [6.07, 6.45) is 0. The second kappa shape index (κ2) is 12.3. The van der Waals surface area contributed by atoms with E-state index in [4.69, 9.17) is 4.74 Å². The molecule has 0 bridgehead atoms. The summed E-state index contributed by atoms with van der Waals surface area (Å²) in [5, 5.41) is 19.2. The van der Waals surface area contributed by atoms with Gasteiger partial charge in [-0.05, 0) is 119 Å². The van der Waals surface area contributed by atoms with Crippen LogP contribution in [0.3, 0.4) is 0 Å². The third-order valence-corrected chi connectivity index (χ3v) is 10.3. The van der Waals surface area contributed by atoms with Crippen molar-refractivity contribution >= 4 is 43.1 Å². The molecule has 0 aliphatic rings. The number of fused-ring (bicyclic) bond motifs is 4. The summed E-state index contributed by atoms with van der Waals surface area (Å²) in [7, 11) is 1.71. The van der Waals surface area contributed by atoms with Crippen molar-refractivity contribution < 1.29 is 4.74 Å². The maximum atomic E-state index is 9.46. The predicted molar refractivity (Wildman–Crippen MR) is 214 cm³/mol. The zero-order chi connectivity index (χ0) is 34.5. The summed E-state index contributed by atoms with van der Waals surface area (Å²) >= 11 is 0. The van der Waals surface area contributed by atoms with Gasteiger partial charge in [0.2, 0.25) is 0 Å². The molecule has 0 spiro atoms. The lowest BCUT2D eigenvalue weighted by Crippen LogP contribution is -1.93. The summed E-state index contributed by atoms with van der Waals surface area (Å²) in [5.41, 5.74) is 11.4. The Labute approximate surface area is 297 Å². The van der Waals surface area contributed by atoms with E-state index in [9.17, 15) is 5.26 Å². The van der Waals surface area contributed by atoms with E-state index < -0.39 is 0 Å². The van der Waals surface area contributed by atoms with Crippen molar-refractivity contribution in [2.75, 3.05) is 7.11 Å². The zero-order valence-electron chi connectivity index (χ0n) is 28.4. The van der Waals surface area contributed by atoms with E-state index in [0.29, 0.717) is 5.56 Å². The Morgan fingerprint density at radius 1 is 0.392 bits per heavy atom. The molecule has 0 unspecified atom stereocenters. The predicted octanol–water partition coefficient (Wildman–Crippen LogP) is 13.2. The van der Waals surface area contributed by atoms with Gasteiger partial charge in [-0.2, -0.15) is 5.26 Å². The summed E-state index contributed by atoms with van der Waals surface area (Å²) in [4.78, 5) is 0. The van der Waals surface area contributed by atoms with Crippen molar-refractivity contribution in [3.63, 3.8) is 0 Å². The van der Waals surface area contributed by atoms with Gasteiger partial charge in [0, 0.05) is 0 Å². The van der Waals surface area contributed by atoms with Crippen molar-refractivity contribution in [3.05, 3.63) is 175 Å². The number of benzene rings is 9. The number of rotatable bonds is 5. The molecule has 9 aromatic rings. The highest BCUT2D eigenvalue weighted by Gasteiger charge is 2.19. The van der Waals surface area contributed by atoms with E-state index >= 15 is 0 Å². The fourth-order valence-electron chi connectivity index (χ4n) is 7.94. The lowest BCUT2D eigenvalue weighted by Gasteiger charge is -2.19. The number of aryl methyl sites for hydroxylation is 1. The molecule has 0 saturated carbocycles. The van der Waals surface area contributed by atoms with Crippen LogP contribution in [0.5, 0.6) is 5.75 Å². The minimum atomic E-state index is 0.663. The van der Waals surface area contributed by atoms with Crippen LogP contribution in [0.25, 0.3) is 87.6 Å². The van der Waals surface area contributed by atoms with Gasteiger partial charge < -0.3 is 4.74 Å². The number of ether oxygens (including phenoxy) is 1. The monoisotopic (exact) mass is 651 g/mol. The molecule has 0 heterocycles. The van der Waals surface area contributed by atoms with Gasteiger partial charge in [0.15, 0.2) is 0 Å². The molecule has 240 valence electrons.